The maximum Gasteiger partial charge on any atom is 0.264 e. The molecule has 2 atom stereocenters. The van der Waals surface area contributed by atoms with Gasteiger partial charge in [0.15, 0.2) is 0 Å². The lowest BCUT2D eigenvalue weighted by Crippen LogP contribution is -2.52. The Morgan fingerprint density at radius 3 is 2.17 bits per heavy atom. The van der Waals surface area contributed by atoms with Crippen LogP contribution in [0.15, 0.2) is 71.6 Å². The number of anilines is 1. The number of nitrogens with one attached hydrogen (secondary N) is 1. The fourth-order valence-corrected chi connectivity index (χ4v) is 5.67. The van der Waals surface area contributed by atoms with Crippen LogP contribution in [0.25, 0.3) is 0 Å². The summed E-state index contributed by atoms with van der Waals surface area (Å²) in [5, 5.41) is 2.87. The van der Waals surface area contributed by atoms with Crippen LogP contribution in [0.5, 0.6) is 0 Å². The second kappa shape index (κ2) is 13.1. The number of sulfonamides is 1. The van der Waals surface area contributed by atoms with Crippen LogP contribution in [-0.2, 0) is 26.2 Å². The normalized spacial score (nSPS) is 12.9. The lowest BCUT2D eigenvalue weighted by molar-refractivity contribution is -0.139. The van der Waals surface area contributed by atoms with Gasteiger partial charge in [0.05, 0.1) is 10.6 Å². The Labute approximate surface area is 237 Å². The SMILES string of the molecule is CC[C@@H](C)NC(=O)[C@@H](C)N(Cc1ccccc1F)C(=O)CN(c1cc(C)ccc1C)S(=O)(=O)c1ccc(C)cc1. The minimum atomic E-state index is -4.18. The van der Waals surface area contributed by atoms with E-state index in [0.717, 1.165) is 15.4 Å². The fraction of sp³-hybridized carbons (Fsp3) is 0.355. The van der Waals surface area contributed by atoms with Crippen LogP contribution < -0.4 is 9.62 Å². The molecule has 0 fully saturated rings. The zero-order valence-electron chi connectivity index (χ0n) is 23.9. The third kappa shape index (κ3) is 7.27. The molecule has 214 valence electrons. The molecule has 3 aromatic rings. The molecule has 2 amide bonds. The molecule has 3 rings (SSSR count). The van der Waals surface area contributed by atoms with Crippen LogP contribution in [0.3, 0.4) is 0 Å². The molecule has 0 heterocycles. The molecule has 0 aliphatic carbocycles. The highest BCUT2D eigenvalue weighted by atomic mass is 32.2. The first kappa shape index (κ1) is 30.8. The summed E-state index contributed by atoms with van der Waals surface area (Å²) in [6.07, 6.45) is 0.689. The molecule has 3 aromatic carbocycles. The van der Waals surface area contributed by atoms with Crippen molar-refractivity contribution in [2.24, 2.45) is 0 Å². The van der Waals surface area contributed by atoms with Crippen molar-refractivity contribution in [2.75, 3.05) is 10.8 Å². The monoisotopic (exact) mass is 567 g/mol. The predicted molar refractivity (Wildman–Crippen MR) is 156 cm³/mol. The third-order valence-electron chi connectivity index (χ3n) is 6.99. The number of halogens is 1. The number of amides is 2. The standard InChI is InChI=1S/C31H38FN3O4S/c1-7-24(5)33-31(37)25(6)34(19-26-10-8-9-11-28(26)32)30(36)20-35(29-18-22(3)12-15-23(29)4)40(38,39)27-16-13-21(2)14-17-27/h8-18,24-25H,7,19-20H2,1-6H3,(H,33,37)/t24-,25-/m1/s1. The number of hydrogen-bond acceptors (Lipinski definition) is 4. The van der Waals surface area contributed by atoms with Gasteiger partial charge in [-0.25, -0.2) is 12.8 Å². The van der Waals surface area contributed by atoms with Crippen LogP contribution >= 0.6 is 0 Å². The van der Waals surface area contributed by atoms with E-state index in [1.807, 2.05) is 33.8 Å². The zero-order valence-corrected chi connectivity index (χ0v) is 24.8. The van der Waals surface area contributed by atoms with E-state index in [1.165, 1.54) is 23.1 Å². The van der Waals surface area contributed by atoms with E-state index in [4.69, 9.17) is 0 Å². The van der Waals surface area contributed by atoms with E-state index < -0.39 is 40.2 Å². The Bertz CT molecular complexity index is 1460. The first-order valence-electron chi connectivity index (χ1n) is 13.3. The number of rotatable bonds is 11. The van der Waals surface area contributed by atoms with Crippen molar-refractivity contribution >= 4 is 27.5 Å². The van der Waals surface area contributed by atoms with Crippen molar-refractivity contribution < 1.29 is 22.4 Å². The van der Waals surface area contributed by atoms with Gasteiger partial charge in [-0.05, 0) is 76.4 Å². The summed E-state index contributed by atoms with van der Waals surface area (Å²) >= 11 is 0. The van der Waals surface area contributed by atoms with Gasteiger partial charge in [0.1, 0.15) is 18.4 Å². The molecule has 1 N–H and O–H groups in total. The molecule has 7 nitrogen and oxygen atoms in total. The minimum Gasteiger partial charge on any atom is -0.352 e. The summed E-state index contributed by atoms with van der Waals surface area (Å²) in [6, 6.07) is 16.7. The molecule has 0 aliphatic heterocycles. The number of benzene rings is 3. The maximum atomic E-state index is 14.7. The molecule has 0 aliphatic rings. The maximum absolute atomic E-state index is 14.7. The Morgan fingerprint density at radius 2 is 1.55 bits per heavy atom. The van der Waals surface area contributed by atoms with E-state index in [2.05, 4.69) is 5.32 Å². The van der Waals surface area contributed by atoms with Gasteiger partial charge >= 0.3 is 0 Å². The number of hydrogen-bond donors (Lipinski definition) is 1. The summed E-state index contributed by atoms with van der Waals surface area (Å²) < 4.78 is 43.7. The van der Waals surface area contributed by atoms with Crippen LogP contribution in [0.2, 0.25) is 0 Å². The zero-order chi connectivity index (χ0) is 29.6. The first-order chi connectivity index (χ1) is 18.8. The van der Waals surface area contributed by atoms with E-state index in [1.54, 1.807) is 56.3 Å². The topological polar surface area (TPSA) is 86.8 Å². The van der Waals surface area contributed by atoms with Gasteiger partial charge < -0.3 is 10.2 Å². The van der Waals surface area contributed by atoms with E-state index in [0.29, 0.717) is 17.7 Å². The van der Waals surface area contributed by atoms with Gasteiger partial charge in [-0.15, -0.1) is 0 Å². The summed E-state index contributed by atoms with van der Waals surface area (Å²) in [4.78, 5) is 28.4. The number of carbonyl (C=O) groups excluding carboxylic acids is 2. The van der Waals surface area contributed by atoms with Crippen molar-refractivity contribution in [3.63, 3.8) is 0 Å². The molecule has 0 unspecified atom stereocenters. The molecule has 0 aromatic heterocycles. The van der Waals surface area contributed by atoms with Crippen molar-refractivity contribution in [3.8, 4) is 0 Å². The second-order valence-corrected chi connectivity index (χ2v) is 12.1. The molecule has 40 heavy (non-hydrogen) atoms. The summed E-state index contributed by atoms with van der Waals surface area (Å²) in [6.45, 7) is 10.0. The second-order valence-electron chi connectivity index (χ2n) is 10.2. The smallest absolute Gasteiger partial charge is 0.264 e. The van der Waals surface area contributed by atoms with Gasteiger partial charge in [-0.1, -0.05) is 55.0 Å². The van der Waals surface area contributed by atoms with Crippen LogP contribution in [0, 0.1) is 26.6 Å². The van der Waals surface area contributed by atoms with E-state index in [-0.39, 0.29) is 23.0 Å². The number of carbonyl (C=O) groups is 2. The Balaban J connectivity index is 2.08. The Hall–Kier alpha value is -3.72. The molecule has 9 heteroatoms. The van der Waals surface area contributed by atoms with E-state index in [9.17, 15) is 22.4 Å². The van der Waals surface area contributed by atoms with Crippen molar-refractivity contribution in [3.05, 3.63) is 94.8 Å². The molecule has 0 saturated heterocycles. The van der Waals surface area contributed by atoms with Gasteiger partial charge in [-0.3, -0.25) is 13.9 Å². The first-order valence-corrected chi connectivity index (χ1v) is 14.8. The van der Waals surface area contributed by atoms with Gasteiger partial charge in [0.2, 0.25) is 11.8 Å². The fourth-order valence-electron chi connectivity index (χ4n) is 4.20. The van der Waals surface area contributed by atoms with Gasteiger partial charge in [-0.2, -0.15) is 0 Å². The average molecular weight is 568 g/mol. The Kier molecular flexibility index (Phi) is 10.1. The van der Waals surface area contributed by atoms with Crippen molar-refractivity contribution in [2.45, 2.75) is 71.5 Å². The van der Waals surface area contributed by atoms with Gasteiger partial charge in [0, 0.05) is 18.2 Å². The summed E-state index contributed by atoms with van der Waals surface area (Å²) in [7, 11) is -4.18. The van der Waals surface area contributed by atoms with Crippen molar-refractivity contribution in [1.29, 1.82) is 0 Å². The lowest BCUT2D eigenvalue weighted by atomic mass is 10.1. The molecule has 0 spiro atoms. The Morgan fingerprint density at radius 1 is 0.925 bits per heavy atom. The number of aryl methyl sites for hydroxylation is 3. The quantitative estimate of drug-likeness (QED) is 0.342. The highest BCUT2D eigenvalue weighted by Crippen LogP contribution is 2.29. The molecule has 0 bridgehead atoms. The van der Waals surface area contributed by atoms with Crippen LogP contribution in [0.4, 0.5) is 10.1 Å². The minimum absolute atomic E-state index is 0.0371. The third-order valence-corrected chi connectivity index (χ3v) is 8.76. The van der Waals surface area contributed by atoms with Crippen LogP contribution in [-0.4, -0.2) is 43.8 Å². The number of nitrogens with zero attached hydrogens (tertiary/aromatic N) is 2. The highest BCUT2D eigenvalue weighted by Gasteiger charge is 2.33. The van der Waals surface area contributed by atoms with Crippen LogP contribution in [0.1, 0.15) is 49.4 Å². The molecular formula is C31H38FN3O4S. The average Bonchev–Trinajstić information content (AvgIpc) is 2.92. The molecular weight excluding hydrogens is 529 g/mol. The largest absolute Gasteiger partial charge is 0.352 e. The lowest BCUT2D eigenvalue weighted by Gasteiger charge is -2.33. The summed E-state index contributed by atoms with van der Waals surface area (Å²) in [5.41, 5.74) is 2.96. The van der Waals surface area contributed by atoms with E-state index >= 15 is 0 Å². The highest BCUT2D eigenvalue weighted by molar-refractivity contribution is 7.92. The molecule has 0 radical (unpaired) electrons. The predicted octanol–water partition coefficient (Wildman–Crippen LogP) is 5.28. The summed E-state index contributed by atoms with van der Waals surface area (Å²) in [5.74, 6) is -1.56. The molecule has 0 saturated carbocycles. The van der Waals surface area contributed by atoms with Crippen molar-refractivity contribution in [1.82, 2.24) is 10.2 Å². The van der Waals surface area contributed by atoms with Gasteiger partial charge in [0.25, 0.3) is 10.0 Å².